The van der Waals surface area contributed by atoms with Crippen molar-refractivity contribution in [3.63, 3.8) is 0 Å². The Balaban J connectivity index is 3.07. The molecule has 2 nitrogen and oxygen atoms in total. The molecule has 0 fully saturated rings. The fourth-order valence-electron chi connectivity index (χ4n) is 1.32. The van der Waals surface area contributed by atoms with Gasteiger partial charge in [0.2, 0.25) is 0 Å². The quantitative estimate of drug-likeness (QED) is 0.760. The van der Waals surface area contributed by atoms with Crippen LogP contribution in [0.1, 0.15) is 37.5 Å². The normalized spacial score (nSPS) is 14.9. The summed E-state index contributed by atoms with van der Waals surface area (Å²) in [5.74, 6) is 0. The van der Waals surface area contributed by atoms with Crippen LogP contribution in [0.3, 0.4) is 0 Å². The van der Waals surface area contributed by atoms with E-state index in [-0.39, 0.29) is 0 Å². The van der Waals surface area contributed by atoms with Gasteiger partial charge in [0.25, 0.3) is 0 Å². The number of halogens is 3. The van der Waals surface area contributed by atoms with Crippen LogP contribution in [-0.2, 0) is 17.2 Å². The lowest BCUT2D eigenvalue weighted by molar-refractivity contribution is -0.137. The maximum atomic E-state index is 12.6. The first-order valence-corrected chi connectivity index (χ1v) is 6.76. The maximum absolute atomic E-state index is 12.6. The van der Waals surface area contributed by atoms with Gasteiger partial charge in [0.1, 0.15) is 11.0 Å². The number of nitrogens with zero attached hydrogens (tertiary/aromatic N) is 1. The molecule has 0 aliphatic rings. The summed E-state index contributed by atoms with van der Waals surface area (Å²) in [6.07, 6.45) is -3.17. The molecule has 0 bridgehead atoms. The number of hydrogen-bond donors (Lipinski definition) is 0. The molecule has 0 heterocycles. The largest absolute Gasteiger partial charge is 0.416 e. The van der Waals surface area contributed by atoms with Crippen LogP contribution in [0.5, 0.6) is 0 Å². The molecule has 1 aromatic rings. The van der Waals surface area contributed by atoms with E-state index in [4.69, 9.17) is 0 Å². The van der Waals surface area contributed by atoms with E-state index in [0.29, 0.717) is 11.1 Å². The summed E-state index contributed by atoms with van der Waals surface area (Å²) in [4.78, 5) is 0. The van der Waals surface area contributed by atoms with Gasteiger partial charge in [-0.3, -0.25) is 0 Å². The van der Waals surface area contributed by atoms with Gasteiger partial charge in [-0.2, -0.15) is 17.6 Å². The third-order valence-corrected chi connectivity index (χ3v) is 3.59. The Morgan fingerprint density at radius 1 is 1.16 bits per heavy atom. The Morgan fingerprint density at radius 2 is 1.74 bits per heavy atom. The second-order valence-corrected chi connectivity index (χ2v) is 7.16. The zero-order chi connectivity index (χ0) is 14.8. The van der Waals surface area contributed by atoms with Crippen molar-refractivity contribution in [2.75, 3.05) is 0 Å². The van der Waals surface area contributed by atoms with E-state index in [1.54, 1.807) is 33.8 Å². The molecule has 0 radical (unpaired) electrons. The second kappa shape index (κ2) is 5.45. The lowest BCUT2D eigenvalue weighted by Crippen LogP contribution is -2.19. The molecule has 0 spiro atoms. The molecule has 106 valence electrons. The standard InChI is InChI=1S/C13H16F3NOS/c1-9-5-10(7-11(6-9)13(14,15)16)8-17-19(18)12(2,3)4/h5-8H,1-4H3/t19-/m0/s1. The van der Waals surface area contributed by atoms with E-state index in [1.165, 1.54) is 6.21 Å². The molecule has 0 amide bonds. The van der Waals surface area contributed by atoms with Crippen LogP contribution in [0.25, 0.3) is 0 Å². The van der Waals surface area contributed by atoms with E-state index < -0.39 is 27.5 Å². The lowest BCUT2D eigenvalue weighted by Gasteiger charge is -2.13. The van der Waals surface area contributed by atoms with Crippen LogP contribution in [0.4, 0.5) is 13.2 Å². The summed E-state index contributed by atoms with van der Waals surface area (Å²) in [5, 5.41) is 0. The van der Waals surface area contributed by atoms with Gasteiger partial charge in [-0.1, -0.05) is 6.07 Å². The first kappa shape index (κ1) is 15.9. The highest BCUT2D eigenvalue weighted by Gasteiger charge is 2.30. The smallest absolute Gasteiger partial charge is 0.234 e. The molecule has 1 atom stereocenters. The number of benzene rings is 1. The Morgan fingerprint density at radius 3 is 2.21 bits per heavy atom. The number of rotatable bonds is 2. The Labute approximate surface area is 113 Å². The van der Waals surface area contributed by atoms with Gasteiger partial charge < -0.3 is 0 Å². The summed E-state index contributed by atoms with van der Waals surface area (Å²) in [7, 11) is -1.48. The molecule has 0 saturated carbocycles. The Bertz CT molecular complexity index is 516. The minimum atomic E-state index is -4.39. The molecule has 0 aliphatic carbocycles. The highest BCUT2D eigenvalue weighted by molar-refractivity contribution is 7.85. The van der Waals surface area contributed by atoms with Gasteiger partial charge in [0, 0.05) is 6.21 Å². The summed E-state index contributed by atoms with van der Waals surface area (Å²) < 4.78 is 52.9. The van der Waals surface area contributed by atoms with Gasteiger partial charge in [0.15, 0.2) is 0 Å². The van der Waals surface area contributed by atoms with E-state index >= 15 is 0 Å². The lowest BCUT2D eigenvalue weighted by atomic mass is 10.1. The van der Waals surface area contributed by atoms with Crippen molar-refractivity contribution in [2.45, 2.75) is 38.6 Å². The van der Waals surface area contributed by atoms with Crippen molar-refractivity contribution in [1.82, 2.24) is 0 Å². The third-order valence-electron chi connectivity index (χ3n) is 2.25. The van der Waals surface area contributed by atoms with Gasteiger partial charge >= 0.3 is 6.18 Å². The predicted molar refractivity (Wildman–Crippen MR) is 71.7 cm³/mol. The van der Waals surface area contributed by atoms with Crippen LogP contribution in [0.15, 0.2) is 22.6 Å². The van der Waals surface area contributed by atoms with Crippen molar-refractivity contribution in [2.24, 2.45) is 4.40 Å². The van der Waals surface area contributed by atoms with Crippen LogP contribution >= 0.6 is 0 Å². The predicted octanol–water partition coefficient (Wildman–Crippen LogP) is 3.89. The highest BCUT2D eigenvalue weighted by atomic mass is 32.2. The second-order valence-electron chi connectivity index (χ2n) is 5.23. The molecule has 0 aliphatic heterocycles. The van der Waals surface area contributed by atoms with Crippen LogP contribution in [-0.4, -0.2) is 15.2 Å². The summed E-state index contributed by atoms with van der Waals surface area (Å²) in [5.41, 5.74) is 0.0539. The van der Waals surface area contributed by atoms with Crippen molar-refractivity contribution < 1.29 is 17.4 Å². The van der Waals surface area contributed by atoms with Gasteiger partial charge in [-0.25, -0.2) is 4.21 Å². The fourth-order valence-corrected chi connectivity index (χ4v) is 1.85. The Hall–Kier alpha value is -1.17. The van der Waals surface area contributed by atoms with E-state index in [9.17, 15) is 17.4 Å². The molecule has 1 aromatic carbocycles. The summed E-state index contributed by atoms with van der Waals surface area (Å²) in [6, 6.07) is 3.63. The first-order valence-electron chi connectivity index (χ1n) is 5.65. The molecular weight excluding hydrogens is 275 g/mol. The Kier molecular flexibility index (Phi) is 4.55. The average molecular weight is 291 g/mol. The van der Waals surface area contributed by atoms with Crippen LogP contribution in [0.2, 0.25) is 0 Å². The van der Waals surface area contributed by atoms with E-state index in [1.807, 2.05) is 0 Å². The summed E-state index contributed by atoms with van der Waals surface area (Å²) in [6.45, 7) is 6.82. The van der Waals surface area contributed by atoms with E-state index in [0.717, 1.165) is 12.1 Å². The van der Waals surface area contributed by atoms with Crippen LogP contribution < -0.4 is 0 Å². The molecular formula is C13H16F3NOS. The van der Waals surface area contributed by atoms with Crippen molar-refractivity contribution in [3.8, 4) is 0 Å². The van der Waals surface area contributed by atoms with E-state index in [2.05, 4.69) is 4.40 Å². The number of alkyl halides is 3. The maximum Gasteiger partial charge on any atom is 0.416 e. The minimum Gasteiger partial charge on any atom is -0.234 e. The topological polar surface area (TPSA) is 29.4 Å². The number of hydrogen-bond acceptors (Lipinski definition) is 1. The zero-order valence-electron chi connectivity index (χ0n) is 11.2. The zero-order valence-corrected chi connectivity index (χ0v) is 12.0. The molecule has 0 aromatic heterocycles. The van der Waals surface area contributed by atoms with Crippen molar-refractivity contribution in [1.29, 1.82) is 0 Å². The molecule has 1 rings (SSSR count). The van der Waals surface area contributed by atoms with Crippen LogP contribution in [0, 0.1) is 6.92 Å². The van der Waals surface area contributed by atoms with Crippen molar-refractivity contribution in [3.05, 3.63) is 34.9 Å². The van der Waals surface area contributed by atoms with Gasteiger partial charge in [-0.15, -0.1) is 0 Å². The first-order chi connectivity index (χ1) is 8.50. The molecule has 0 unspecified atom stereocenters. The monoisotopic (exact) mass is 291 g/mol. The average Bonchev–Trinajstić information content (AvgIpc) is 2.22. The number of aryl methyl sites for hydroxylation is 1. The minimum absolute atomic E-state index is 0.296. The van der Waals surface area contributed by atoms with Crippen molar-refractivity contribution >= 4 is 17.2 Å². The highest BCUT2D eigenvalue weighted by Crippen LogP contribution is 2.30. The molecule has 0 saturated heterocycles. The van der Waals surface area contributed by atoms with Gasteiger partial charge in [0.05, 0.1) is 10.3 Å². The van der Waals surface area contributed by atoms with Gasteiger partial charge in [-0.05, 0) is 51.0 Å². The summed E-state index contributed by atoms with van der Waals surface area (Å²) >= 11 is 0. The molecule has 6 heteroatoms. The fraction of sp³-hybridized carbons (Fsp3) is 0.462. The third kappa shape index (κ3) is 4.78. The molecule has 0 N–H and O–H groups in total. The SMILES string of the molecule is Cc1cc(C=N[S@@](=O)C(C)(C)C)cc(C(F)(F)F)c1. The molecule has 19 heavy (non-hydrogen) atoms.